The second-order valence-electron chi connectivity index (χ2n) is 5.91. The fourth-order valence-electron chi connectivity index (χ4n) is 3.09. The van der Waals surface area contributed by atoms with Crippen molar-refractivity contribution in [3.63, 3.8) is 0 Å². The predicted molar refractivity (Wildman–Crippen MR) is 82.4 cm³/mol. The Hall–Kier alpha value is -0.860. The van der Waals surface area contributed by atoms with Gasteiger partial charge >= 0.3 is 0 Å². The smallest absolute Gasteiger partial charge is 0.00700 e. The van der Waals surface area contributed by atoms with Crippen LogP contribution in [0.15, 0.2) is 30.3 Å². The third-order valence-corrected chi connectivity index (χ3v) is 4.46. The van der Waals surface area contributed by atoms with Crippen LogP contribution >= 0.6 is 0 Å². The molecule has 0 aromatic heterocycles. The van der Waals surface area contributed by atoms with Crippen molar-refractivity contribution in [3.8, 4) is 0 Å². The zero-order valence-corrected chi connectivity index (χ0v) is 12.4. The number of rotatable bonds is 6. The molecule has 0 amide bonds. The first kappa shape index (κ1) is 14.5. The molecular weight excluding hydrogens is 232 g/mol. The van der Waals surface area contributed by atoms with Gasteiger partial charge in [-0.25, -0.2) is 0 Å². The van der Waals surface area contributed by atoms with Crippen LogP contribution in [0.25, 0.3) is 0 Å². The highest BCUT2D eigenvalue weighted by Gasteiger charge is 2.21. The minimum atomic E-state index is 0.718. The molecule has 1 N–H and O–H groups in total. The molecule has 1 unspecified atom stereocenters. The van der Waals surface area contributed by atoms with E-state index in [2.05, 4.69) is 54.5 Å². The van der Waals surface area contributed by atoms with Gasteiger partial charge in [0.2, 0.25) is 0 Å². The Bertz CT molecular complexity index is 342. The van der Waals surface area contributed by atoms with Crippen LogP contribution in [0.3, 0.4) is 0 Å². The van der Waals surface area contributed by atoms with Gasteiger partial charge in [-0.15, -0.1) is 0 Å². The number of hydrogen-bond donors (Lipinski definition) is 1. The van der Waals surface area contributed by atoms with Gasteiger partial charge in [-0.3, -0.25) is 0 Å². The van der Waals surface area contributed by atoms with E-state index in [1.807, 2.05) is 0 Å². The van der Waals surface area contributed by atoms with E-state index in [0.717, 1.165) is 12.0 Å². The third-order valence-electron chi connectivity index (χ3n) is 4.46. The van der Waals surface area contributed by atoms with Gasteiger partial charge in [-0.1, -0.05) is 30.3 Å². The Morgan fingerprint density at radius 3 is 2.53 bits per heavy atom. The molecule has 1 heterocycles. The van der Waals surface area contributed by atoms with Crippen molar-refractivity contribution in [1.82, 2.24) is 10.2 Å². The van der Waals surface area contributed by atoms with Crippen molar-refractivity contribution in [1.29, 1.82) is 0 Å². The zero-order valence-electron chi connectivity index (χ0n) is 12.4. The van der Waals surface area contributed by atoms with Gasteiger partial charge in [0.05, 0.1) is 0 Å². The molecule has 1 aromatic carbocycles. The molecule has 1 aromatic rings. The Morgan fingerprint density at radius 1 is 1.21 bits per heavy atom. The van der Waals surface area contributed by atoms with Crippen LogP contribution in [-0.2, 0) is 6.42 Å². The summed E-state index contributed by atoms with van der Waals surface area (Å²) in [6, 6.07) is 11.6. The van der Waals surface area contributed by atoms with Crippen LogP contribution < -0.4 is 5.32 Å². The van der Waals surface area contributed by atoms with E-state index in [-0.39, 0.29) is 0 Å². The first-order chi connectivity index (χ1) is 9.29. The second kappa shape index (κ2) is 7.66. The summed E-state index contributed by atoms with van der Waals surface area (Å²) in [4.78, 5) is 2.68. The number of benzene rings is 1. The van der Waals surface area contributed by atoms with Gasteiger partial charge in [0.15, 0.2) is 0 Å². The molecular formula is C17H28N2. The summed E-state index contributed by atoms with van der Waals surface area (Å²) in [5, 5.41) is 3.31. The van der Waals surface area contributed by atoms with E-state index in [0.29, 0.717) is 0 Å². The Balaban J connectivity index is 1.71. The van der Waals surface area contributed by atoms with E-state index in [1.165, 1.54) is 50.9 Å². The van der Waals surface area contributed by atoms with Crippen molar-refractivity contribution >= 4 is 0 Å². The normalized spacial score (nSPS) is 19.5. The molecule has 1 fully saturated rings. The second-order valence-corrected chi connectivity index (χ2v) is 5.91. The van der Waals surface area contributed by atoms with E-state index in [4.69, 9.17) is 0 Å². The molecule has 2 heteroatoms. The average molecular weight is 260 g/mol. The summed E-state index contributed by atoms with van der Waals surface area (Å²) in [7, 11) is 2.06. The molecule has 2 nitrogen and oxygen atoms in total. The summed E-state index contributed by atoms with van der Waals surface area (Å²) in [6.45, 7) is 6.14. The lowest BCUT2D eigenvalue weighted by molar-refractivity contribution is 0.135. The molecule has 19 heavy (non-hydrogen) atoms. The molecule has 2 rings (SSSR count). The first-order valence-electron chi connectivity index (χ1n) is 7.72. The van der Waals surface area contributed by atoms with Gasteiger partial charge in [0.1, 0.15) is 0 Å². The SMILES string of the molecule is CNCC1CCN(C(C)CCc2ccccc2)CC1. The summed E-state index contributed by atoms with van der Waals surface area (Å²) in [6.07, 6.45) is 5.20. The van der Waals surface area contributed by atoms with Gasteiger partial charge in [-0.2, -0.15) is 0 Å². The topological polar surface area (TPSA) is 15.3 Å². The highest BCUT2D eigenvalue weighted by Crippen LogP contribution is 2.20. The van der Waals surface area contributed by atoms with Crippen molar-refractivity contribution < 1.29 is 0 Å². The Labute approximate surface area is 118 Å². The minimum absolute atomic E-state index is 0.718. The number of nitrogens with zero attached hydrogens (tertiary/aromatic N) is 1. The Morgan fingerprint density at radius 2 is 1.89 bits per heavy atom. The maximum Gasteiger partial charge on any atom is 0.00700 e. The third kappa shape index (κ3) is 4.63. The lowest BCUT2D eigenvalue weighted by atomic mass is 9.95. The predicted octanol–water partition coefficient (Wildman–Crippen LogP) is 2.94. The minimum Gasteiger partial charge on any atom is -0.319 e. The summed E-state index contributed by atoms with van der Waals surface area (Å²) >= 11 is 0. The number of nitrogens with one attached hydrogen (secondary N) is 1. The van der Waals surface area contributed by atoms with Crippen molar-refractivity contribution in [2.45, 2.75) is 38.6 Å². The van der Waals surface area contributed by atoms with Crippen LogP contribution in [0.2, 0.25) is 0 Å². The lowest BCUT2D eigenvalue weighted by Crippen LogP contribution is -2.41. The summed E-state index contributed by atoms with van der Waals surface area (Å²) < 4.78 is 0. The van der Waals surface area contributed by atoms with E-state index < -0.39 is 0 Å². The van der Waals surface area contributed by atoms with Crippen LogP contribution in [0, 0.1) is 5.92 Å². The zero-order chi connectivity index (χ0) is 13.5. The maximum absolute atomic E-state index is 3.31. The highest BCUT2D eigenvalue weighted by atomic mass is 15.2. The quantitative estimate of drug-likeness (QED) is 0.846. The number of piperidine rings is 1. The highest BCUT2D eigenvalue weighted by molar-refractivity contribution is 5.14. The fraction of sp³-hybridized carbons (Fsp3) is 0.647. The van der Waals surface area contributed by atoms with Crippen molar-refractivity contribution in [2.24, 2.45) is 5.92 Å². The average Bonchev–Trinajstić information content (AvgIpc) is 2.47. The number of likely N-dealkylation sites (tertiary alicyclic amines) is 1. The number of hydrogen-bond acceptors (Lipinski definition) is 2. The van der Waals surface area contributed by atoms with Crippen LogP contribution in [0.4, 0.5) is 0 Å². The largest absolute Gasteiger partial charge is 0.319 e. The Kier molecular flexibility index (Phi) is 5.87. The fourth-order valence-corrected chi connectivity index (χ4v) is 3.09. The number of aryl methyl sites for hydroxylation is 1. The molecule has 0 saturated carbocycles. The van der Waals surface area contributed by atoms with Gasteiger partial charge in [-0.05, 0) is 70.8 Å². The molecule has 1 aliphatic heterocycles. The summed E-state index contributed by atoms with van der Waals surface area (Å²) in [5.41, 5.74) is 1.47. The molecule has 0 spiro atoms. The van der Waals surface area contributed by atoms with Crippen LogP contribution in [0.5, 0.6) is 0 Å². The molecule has 0 bridgehead atoms. The van der Waals surface area contributed by atoms with E-state index in [9.17, 15) is 0 Å². The van der Waals surface area contributed by atoms with Crippen LogP contribution in [0.1, 0.15) is 31.7 Å². The molecule has 106 valence electrons. The molecule has 1 aliphatic rings. The molecule has 0 radical (unpaired) electrons. The van der Waals surface area contributed by atoms with Gasteiger partial charge < -0.3 is 10.2 Å². The van der Waals surface area contributed by atoms with Crippen molar-refractivity contribution in [2.75, 3.05) is 26.7 Å². The molecule has 1 atom stereocenters. The van der Waals surface area contributed by atoms with E-state index in [1.54, 1.807) is 0 Å². The summed E-state index contributed by atoms with van der Waals surface area (Å²) in [5.74, 6) is 0.891. The standard InChI is InChI=1S/C17H28N2/c1-15(8-9-16-6-4-3-5-7-16)19-12-10-17(11-13-19)14-18-2/h3-7,15,17-18H,8-14H2,1-2H3. The van der Waals surface area contributed by atoms with Gasteiger partial charge in [0.25, 0.3) is 0 Å². The van der Waals surface area contributed by atoms with E-state index >= 15 is 0 Å². The van der Waals surface area contributed by atoms with Crippen molar-refractivity contribution in [3.05, 3.63) is 35.9 Å². The molecule has 1 saturated heterocycles. The monoisotopic (exact) mass is 260 g/mol. The lowest BCUT2D eigenvalue weighted by Gasteiger charge is -2.36. The maximum atomic E-state index is 3.31. The van der Waals surface area contributed by atoms with Crippen LogP contribution in [-0.4, -0.2) is 37.6 Å². The van der Waals surface area contributed by atoms with Gasteiger partial charge in [0, 0.05) is 6.04 Å². The molecule has 0 aliphatic carbocycles. The first-order valence-corrected chi connectivity index (χ1v) is 7.72.